The lowest BCUT2D eigenvalue weighted by molar-refractivity contribution is 0.0922. The largest absolute Gasteiger partial charge is 0.344 e. The Morgan fingerprint density at radius 1 is 1.17 bits per heavy atom. The lowest BCUT2D eigenvalue weighted by Crippen LogP contribution is -2.33. The monoisotopic (exact) mass is 411 g/mol. The molecule has 2 aliphatic rings. The molecule has 6 nitrogen and oxygen atoms in total. The average molecular weight is 411 g/mol. The number of fused-ring (bicyclic) bond motifs is 2. The van der Waals surface area contributed by atoms with Crippen molar-refractivity contribution in [3.63, 3.8) is 0 Å². The molecule has 3 aromatic rings. The third kappa shape index (κ3) is 3.11. The molecule has 2 aliphatic carbocycles. The maximum absolute atomic E-state index is 14.3. The standard InChI is InChI=1S/C22H23F2N5O/c1-28-21(14-5-2-3-6-18(14)27-28)22(30)26-17-7-4-8-19-15(17)12-25-29(19)20-10-9-13(23)11-16(20)24/h9-12,17H,2-8H2,1H3,(H,26,30)/t17-/m0/s1. The zero-order valence-corrected chi connectivity index (χ0v) is 16.8. The number of nitrogens with one attached hydrogen (secondary N) is 1. The quantitative estimate of drug-likeness (QED) is 0.717. The van der Waals surface area contributed by atoms with Gasteiger partial charge >= 0.3 is 0 Å². The van der Waals surface area contributed by atoms with Gasteiger partial charge in [0, 0.05) is 29.9 Å². The number of carbonyl (C=O) groups excluding carboxylic acids is 1. The lowest BCUT2D eigenvalue weighted by atomic mass is 9.92. The van der Waals surface area contributed by atoms with Crippen LogP contribution in [0.5, 0.6) is 0 Å². The highest BCUT2D eigenvalue weighted by Crippen LogP contribution is 2.32. The number of aromatic nitrogens is 4. The van der Waals surface area contributed by atoms with Gasteiger partial charge in [-0.25, -0.2) is 13.5 Å². The first-order valence-electron chi connectivity index (χ1n) is 10.4. The van der Waals surface area contributed by atoms with Crippen molar-refractivity contribution in [2.75, 3.05) is 0 Å². The molecule has 1 atom stereocenters. The second-order valence-electron chi connectivity index (χ2n) is 8.08. The fraction of sp³-hybridized carbons (Fsp3) is 0.409. The van der Waals surface area contributed by atoms with Crippen LogP contribution in [-0.4, -0.2) is 25.5 Å². The second-order valence-corrected chi connectivity index (χ2v) is 8.08. The number of aryl methyl sites for hydroxylation is 2. The van der Waals surface area contributed by atoms with Gasteiger partial charge in [-0.3, -0.25) is 9.48 Å². The summed E-state index contributed by atoms with van der Waals surface area (Å²) in [6.45, 7) is 0. The number of hydrogen-bond donors (Lipinski definition) is 1. The Labute approximate surface area is 172 Å². The van der Waals surface area contributed by atoms with Crippen LogP contribution in [0.15, 0.2) is 24.4 Å². The molecule has 5 rings (SSSR count). The van der Waals surface area contributed by atoms with Crippen molar-refractivity contribution in [2.45, 2.75) is 51.0 Å². The van der Waals surface area contributed by atoms with E-state index in [1.54, 1.807) is 10.9 Å². The van der Waals surface area contributed by atoms with Crippen molar-refractivity contribution in [3.05, 3.63) is 64.2 Å². The summed E-state index contributed by atoms with van der Waals surface area (Å²) in [4.78, 5) is 13.1. The van der Waals surface area contributed by atoms with Crippen LogP contribution in [0.4, 0.5) is 8.78 Å². The van der Waals surface area contributed by atoms with Gasteiger partial charge < -0.3 is 5.32 Å². The number of rotatable bonds is 3. The Balaban J connectivity index is 1.44. The summed E-state index contributed by atoms with van der Waals surface area (Å²) >= 11 is 0. The molecular formula is C22H23F2N5O. The van der Waals surface area contributed by atoms with E-state index in [4.69, 9.17) is 0 Å². The number of nitrogens with zero attached hydrogens (tertiary/aromatic N) is 4. The minimum atomic E-state index is -0.659. The smallest absolute Gasteiger partial charge is 0.270 e. The van der Waals surface area contributed by atoms with Gasteiger partial charge in [-0.1, -0.05) is 0 Å². The fourth-order valence-electron chi connectivity index (χ4n) is 4.76. The molecule has 0 saturated heterocycles. The minimum absolute atomic E-state index is 0.133. The number of amides is 1. The maximum Gasteiger partial charge on any atom is 0.270 e. The van der Waals surface area contributed by atoms with Crippen LogP contribution in [-0.2, 0) is 26.3 Å². The van der Waals surface area contributed by atoms with E-state index in [9.17, 15) is 13.6 Å². The zero-order valence-electron chi connectivity index (χ0n) is 16.8. The Bertz CT molecular complexity index is 1130. The Morgan fingerprint density at radius 3 is 2.83 bits per heavy atom. The molecule has 1 N–H and O–H groups in total. The van der Waals surface area contributed by atoms with Crippen molar-refractivity contribution < 1.29 is 13.6 Å². The van der Waals surface area contributed by atoms with Crippen LogP contribution in [0.2, 0.25) is 0 Å². The molecule has 0 unspecified atom stereocenters. The van der Waals surface area contributed by atoms with Gasteiger partial charge in [-0.15, -0.1) is 0 Å². The maximum atomic E-state index is 14.3. The van der Waals surface area contributed by atoms with Gasteiger partial charge in [0.25, 0.3) is 5.91 Å². The first-order valence-corrected chi connectivity index (χ1v) is 10.4. The van der Waals surface area contributed by atoms with Gasteiger partial charge in [-0.2, -0.15) is 10.2 Å². The normalized spacial score (nSPS) is 18.0. The minimum Gasteiger partial charge on any atom is -0.344 e. The zero-order chi connectivity index (χ0) is 20.8. The van der Waals surface area contributed by atoms with E-state index < -0.39 is 11.6 Å². The molecule has 0 bridgehead atoms. The Hall–Kier alpha value is -3.03. The van der Waals surface area contributed by atoms with Crippen molar-refractivity contribution in [3.8, 4) is 5.69 Å². The molecule has 30 heavy (non-hydrogen) atoms. The van der Waals surface area contributed by atoms with Crippen LogP contribution in [0.3, 0.4) is 0 Å². The second kappa shape index (κ2) is 7.34. The average Bonchev–Trinajstić information content (AvgIpc) is 3.29. The van der Waals surface area contributed by atoms with Crippen LogP contribution < -0.4 is 5.32 Å². The molecular weight excluding hydrogens is 388 g/mol. The summed E-state index contributed by atoms with van der Waals surface area (Å²) in [6.07, 6.45) is 8.01. The van der Waals surface area contributed by atoms with Crippen LogP contribution in [0, 0.1) is 11.6 Å². The third-order valence-electron chi connectivity index (χ3n) is 6.16. The highest BCUT2D eigenvalue weighted by molar-refractivity contribution is 5.94. The molecule has 8 heteroatoms. The van der Waals surface area contributed by atoms with Crippen LogP contribution in [0.1, 0.15) is 64.7 Å². The molecule has 1 amide bonds. The van der Waals surface area contributed by atoms with Crippen LogP contribution >= 0.6 is 0 Å². The van der Waals surface area contributed by atoms with E-state index in [0.717, 1.165) is 73.5 Å². The summed E-state index contributed by atoms with van der Waals surface area (Å²) in [7, 11) is 1.81. The van der Waals surface area contributed by atoms with Crippen molar-refractivity contribution >= 4 is 5.91 Å². The number of benzene rings is 1. The summed E-state index contributed by atoms with van der Waals surface area (Å²) in [5, 5.41) is 12.0. The molecule has 0 spiro atoms. The van der Waals surface area contributed by atoms with Gasteiger partial charge in [0.1, 0.15) is 17.2 Å². The Kier molecular flexibility index (Phi) is 4.64. The van der Waals surface area contributed by atoms with Crippen molar-refractivity contribution in [2.24, 2.45) is 7.05 Å². The molecule has 1 aromatic carbocycles. The SMILES string of the molecule is Cn1nc2c(c1C(=O)N[C@H]1CCCc3c1cnn3-c1ccc(F)cc1F)CCCC2. The van der Waals surface area contributed by atoms with E-state index in [-0.39, 0.29) is 17.6 Å². The van der Waals surface area contributed by atoms with Gasteiger partial charge in [-0.05, 0) is 57.1 Å². The third-order valence-corrected chi connectivity index (χ3v) is 6.16. The summed E-state index contributed by atoms with van der Waals surface area (Å²) in [6, 6.07) is 3.27. The van der Waals surface area contributed by atoms with Gasteiger partial charge in [0.2, 0.25) is 0 Å². The molecule has 2 heterocycles. The summed E-state index contributed by atoms with van der Waals surface area (Å²) < 4.78 is 30.8. The summed E-state index contributed by atoms with van der Waals surface area (Å²) in [5.74, 6) is -1.41. The first-order chi connectivity index (χ1) is 14.5. The van der Waals surface area contributed by atoms with E-state index in [1.165, 1.54) is 16.8 Å². The van der Waals surface area contributed by atoms with E-state index in [1.807, 2.05) is 7.05 Å². The predicted molar refractivity (Wildman–Crippen MR) is 106 cm³/mol. The number of halogens is 2. The number of hydrogen-bond acceptors (Lipinski definition) is 3. The van der Waals surface area contributed by atoms with Gasteiger partial charge in [0.15, 0.2) is 5.82 Å². The van der Waals surface area contributed by atoms with Crippen molar-refractivity contribution in [1.29, 1.82) is 0 Å². The molecule has 0 fully saturated rings. The molecule has 0 saturated carbocycles. The molecule has 0 aliphatic heterocycles. The fourth-order valence-corrected chi connectivity index (χ4v) is 4.76. The summed E-state index contributed by atoms with van der Waals surface area (Å²) in [5.41, 5.74) is 4.66. The van der Waals surface area contributed by atoms with Crippen LogP contribution in [0.25, 0.3) is 5.69 Å². The Morgan fingerprint density at radius 2 is 2.00 bits per heavy atom. The van der Waals surface area contributed by atoms with E-state index in [2.05, 4.69) is 15.5 Å². The van der Waals surface area contributed by atoms with E-state index in [0.29, 0.717) is 5.69 Å². The lowest BCUT2D eigenvalue weighted by Gasteiger charge is -2.24. The first kappa shape index (κ1) is 19.0. The highest BCUT2D eigenvalue weighted by atomic mass is 19.1. The number of carbonyl (C=O) groups is 1. The van der Waals surface area contributed by atoms with Crippen molar-refractivity contribution in [1.82, 2.24) is 24.9 Å². The highest BCUT2D eigenvalue weighted by Gasteiger charge is 2.30. The molecule has 0 radical (unpaired) electrons. The topological polar surface area (TPSA) is 64.7 Å². The van der Waals surface area contributed by atoms with E-state index >= 15 is 0 Å². The molecule has 2 aromatic heterocycles. The molecule has 156 valence electrons. The van der Waals surface area contributed by atoms with Gasteiger partial charge in [0.05, 0.1) is 17.9 Å². The predicted octanol–water partition coefficient (Wildman–Crippen LogP) is 3.57.